The van der Waals surface area contributed by atoms with Crippen LogP contribution >= 0.6 is 31.9 Å². The Hall–Kier alpha value is -1.96. The summed E-state index contributed by atoms with van der Waals surface area (Å²) >= 11 is 7.03. The van der Waals surface area contributed by atoms with Crippen molar-refractivity contribution >= 4 is 50.6 Å². The van der Waals surface area contributed by atoms with Crippen LogP contribution in [0.4, 0.5) is 0 Å². The summed E-state index contributed by atoms with van der Waals surface area (Å²) in [6.07, 6.45) is 7.29. The van der Waals surface area contributed by atoms with Crippen LogP contribution in [-0.4, -0.2) is 28.1 Å². The Morgan fingerprint density at radius 2 is 1.41 bits per heavy atom. The van der Waals surface area contributed by atoms with E-state index in [-0.39, 0.29) is 17.1 Å². The average Bonchev–Trinajstić information content (AvgIpc) is 2.93. The molecular weight excluding hydrogens is 632 g/mol. The topological polar surface area (TPSA) is 27.7 Å². The van der Waals surface area contributed by atoms with E-state index in [2.05, 4.69) is 138 Å². The van der Waals surface area contributed by atoms with Crippen LogP contribution in [0.2, 0.25) is 5.04 Å². The van der Waals surface area contributed by atoms with Gasteiger partial charge in [0.05, 0.1) is 29.8 Å². The average molecular weight is 673 g/mol. The molecule has 3 rings (SSSR count). The van der Waals surface area contributed by atoms with E-state index >= 15 is 0 Å². The molecule has 208 valence electrons. The molecule has 0 unspecified atom stereocenters. The summed E-state index contributed by atoms with van der Waals surface area (Å²) in [5.41, 5.74) is 1.11. The molecule has 0 amide bonds. The van der Waals surface area contributed by atoms with Gasteiger partial charge in [-0.2, -0.15) is 0 Å². The molecule has 0 heterocycles. The lowest BCUT2D eigenvalue weighted by molar-refractivity contribution is 0.0386. The van der Waals surface area contributed by atoms with Gasteiger partial charge in [0.2, 0.25) is 0 Å². The number of methoxy groups -OCH3 is 1. The van der Waals surface area contributed by atoms with Crippen molar-refractivity contribution < 1.29 is 13.9 Å². The Bertz CT molecular complexity index is 1150. The Morgan fingerprint density at radius 1 is 0.846 bits per heavy atom. The molecule has 0 aliphatic heterocycles. The van der Waals surface area contributed by atoms with E-state index in [0.717, 1.165) is 21.1 Å². The molecule has 3 aromatic rings. The number of allylic oxidation sites excluding steroid dienone is 1. The third-order valence-corrected chi connectivity index (χ3v) is 12.5. The van der Waals surface area contributed by atoms with Gasteiger partial charge in [0.25, 0.3) is 8.32 Å². The maximum Gasteiger partial charge on any atom is 0.261 e. The zero-order valence-corrected chi connectivity index (χ0v) is 27.7. The standard InChI is InChI=1S/C33H40Br2O3Si/c1-26(31(24-32(34)35)37-25-27-19-21-28(36-5)22-20-27)14-12-13-23-38-39(33(2,3)4,29-15-8-6-9-16-29)30-17-10-7-11-18-30/h6-13,15-22,24,26,31H,14,23,25H2,1-5H3/b13-12+/t26-,31-/m1/s1. The first-order chi connectivity index (χ1) is 18.7. The molecule has 0 fully saturated rings. The van der Waals surface area contributed by atoms with Gasteiger partial charge in [0.15, 0.2) is 0 Å². The van der Waals surface area contributed by atoms with E-state index in [1.807, 2.05) is 24.3 Å². The lowest BCUT2D eigenvalue weighted by Crippen LogP contribution is -2.66. The van der Waals surface area contributed by atoms with Gasteiger partial charge >= 0.3 is 0 Å². The molecule has 0 N–H and O–H groups in total. The second-order valence-corrected chi connectivity index (χ2v) is 17.8. The van der Waals surface area contributed by atoms with Gasteiger partial charge in [-0.15, -0.1) is 0 Å². The molecule has 0 aromatic heterocycles. The number of hydrogen-bond acceptors (Lipinski definition) is 3. The summed E-state index contributed by atoms with van der Waals surface area (Å²) in [5.74, 6) is 1.12. The minimum Gasteiger partial charge on any atom is -0.497 e. The molecule has 39 heavy (non-hydrogen) atoms. The predicted molar refractivity (Wildman–Crippen MR) is 174 cm³/mol. The Morgan fingerprint density at radius 3 is 1.90 bits per heavy atom. The zero-order chi connectivity index (χ0) is 28.3. The van der Waals surface area contributed by atoms with Gasteiger partial charge in [-0.25, -0.2) is 0 Å². The van der Waals surface area contributed by atoms with Crippen LogP contribution < -0.4 is 15.1 Å². The summed E-state index contributed by atoms with van der Waals surface area (Å²) in [4.78, 5) is 0. The Balaban J connectivity index is 1.70. The van der Waals surface area contributed by atoms with Crippen molar-refractivity contribution in [2.75, 3.05) is 13.7 Å². The monoisotopic (exact) mass is 670 g/mol. The van der Waals surface area contributed by atoms with Crippen LogP contribution in [0.3, 0.4) is 0 Å². The first-order valence-corrected chi connectivity index (χ1v) is 16.8. The molecule has 6 heteroatoms. The van der Waals surface area contributed by atoms with E-state index in [4.69, 9.17) is 13.9 Å². The molecule has 0 radical (unpaired) electrons. The van der Waals surface area contributed by atoms with Crippen molar-refractivity contribution in [1.29, 1.82) is 0 Å². The molecule has 3 aromatic carbocycles. The Kier molecular flexibility index (Phi) is 12.3. The quantitative estimate of drug-likeness (QED) is 0.135. The highest BCUT2D eigenvalue weighted by molar-refractivity contribution is 9.28. The van der Waals surface area contributed by atoms with Crippen LogP contribution in [0.25, 0.3) is 0 Å². The van der Waals surface area contributed by atoms with Gasteiger partial charge in [-0.05, 0) is 83.4 Å². The first-order valence-electron chi connectivity index (χ1n) is 13.3. The van der Waals surface area contributed by atoms with Crippen molar-refractivity contribution in [1.82, 2.24) is 0 Å². The highest BCUT2D eigenvalue weighted by atomic mass is 79.9. The molecule has 0 spiro atoms. The smallest absolute Gasteiger partial charge is 0.261 e. The van der Waals surface area contributed by atoms with Crippen LogP contribution in [0.5, 0.6) is 5.75 Å². The van der Waals surface area contributed by atoms with E-state index in [1.165, 1.54) is 10.4 Å². The summed E-state index contributed by atoms with van der Waals surface area (Å²) in [6, 6.07) is 29.5. The molecule has 0 aliphatic rings. The highest BCUT2D eigenvalue weighted by Crippen LogP contribution is 2.36. The minimum atomic E-state index is -2.53. The van der Waals surface area contributed by atoms with E-state index in [9.17, 15) is 0 Å². The van der Waals surface area contributed by atoms with Gasteiger partial charge < -0.3 is 13.9 Å². The number of ether oxygens (including phenoxy) is 2. The normalized spacial score (nSPS) is 13.7. The maximum atomic E-state index is 6.98. The lowest BCUT2D eigenvalue weighted by atomic mass is 10.0. The van der Waals surface area contributed by atoms with Crippen LogP contribution in [0, 0.1) is 5.92 Å². The number of halogens is 2. The number of rotatable bonds is 13. The largest absolute Gasteiger partial charge is 0.497 e. The summed E-state index contributed by atoms with van der Waals surface area (Å²) in [7, 11) is -0.859. The molecule has 0 saturated heterocycles. The van der Waals surface area contributed by atoms with Gasteiger partial charge in [0.1, 0.15) is 5.75 Å². The first kappa shape index (κ1) is 31.6. The maximum absolute atomic E-state index is 6.98. The summed E-state index contributed by atoms with van der Waals surface area (Å²) in [5, 5.41) is 2.55. The van der Waals surface area contributed by atoms with Gasteiger partial charge in [-0.3, -0.25) is 0 Å². The van der Waals surface area contributed by atoms with Crippen molar-refractivity contribution in [3.63, 3.8) is 0 Å². The Labute approximate surface area is 252 Å². The summed E-state index contributed by atoms with van der Waals surface area (Å²) < 4.78 is 19.4. The van der Waals surface area contributed by atoms with Crippen molar-refractivity contribution in [3.05, 3.63) is 112 Å². The van der Waals surface area contributed by atoms with Crippen molar-refractivity contribution in [2.24, 2.45) is 5.92 Å². The molecular formula is C33H40Br2O3Si. The summed E-state index contributed by atoms with van der Waals surface area (Å²) in [6.45, 7) is 10.2. The second-order valence-electron chi connectivity index (χ2n) is 10.7. The van der Waals surface area contributed by atoms with E-state index < -0.39 is 8.32 Å². The molecule has 0 bridgehead atoms. The van der Waals surface area contributed by atoms with Crippen molar-refractivity contribution in [2.45, 2.75) is 51.9 Å². The van der Waals surface area contributed by atoms with Gasteiger partial charge in [-0.1, -0.05) is 113 Å². The van der Waals surface area contributed by atoms with Crippen LogP contribution in [0.15, 0.2) is 107 Å². The van der Waals surface area contributed by atoms with E-state index in [0.29, 0.717) is 13.2 Å². The molecule has 0 aliphatic carbocycles. The SMILES string of the molecule is COc1ccc(CO[C@H](C=C(Br)Br)[C@H](C)C/C=C/CO[Si](c2ccccc2)(c2ccccc2)C(C)(C)C)cc1. The van der Waals surface area contributed by atoms with E-state index in [1.54, 1.807) is 7.11 Å². The zero-order valence-electron chi connectivity index (χ0n) is 23.6. The minimum absolute atomic E-state index is 0.0375. The van der Waals surface area contributed by atoms with Crippen LogP contribution in [0.1, 0.15) is 39.7 Å². The van der Waals surface area contributed by atoms with Crippen molar-refractivity contribution in [3.8, 4) is 5.75 Å². The molecule has 3 nitrogen and oxygen atoms in total. The third-order valence-electron chi connectivity index (χ3n) is 6.94. The fourth-order valence-corrected chi connectivity index (χ4v) is 9.89. The van der Waals surface area contributed by atoms with Gasteiger partial charge in [0, 0.05) is 0 Å². The lowest BCUT2D eigenvalue weighted by Gasteiger charge is -2.42. The number of benzene rings is 3. The predicted octanol–water partition coefficient (Wildman–Crippen LogP) is 8.37. The molecule has 2 atom stereocenters. The fraction of sp³-hybridized carbons (Fsp3) is 0.333. The highest BCUT2D eigenvalue weighted by Gasteiger charge is 2.49. The fourth-order valence-electron chi connectivity index (χ4n) is 4.86. The third kappa shape index (κ3) is 8.76. The molecule has 0 saturated carbocycles. The van der Waals surface area contributed by atoms with Crippen LogP contribution in [-0.2, 0) is 15.8 Å². The second kappa shape index (κ2) is 15.2. The number of hydrogen-bond donors (Lipinski definition) is 0.